The number of nitrogens with one attached hydrogen (secondary N) is 2. The molecule has 0 aromatic heterocycles. The van der Waals surface area contributed by atoms with Gasteiger partial charge in [0.15, 0.2) is 0 Å². The Labute approximate surface area is 127 Å². The van der Waals surface area contributed by atoms with Gasteiger partial charge in [-0.05, 0) is 25.0 Å². The van der Waals surface area contributed by atoms with Crippen molar-refractivity contribution in [1.82, 2.24) is 5.32 Å². The van der Waals surface area contributed by atoms with Crippen LogP contribution in [0.3, 0.4) is 0 Å². The fourth-order valence-electron chi connectivity index (χ4n) is 2.32. The van der Waals surface area contributed by atoms with Crippen molar-refractivity contribution in [2.75, 3.05) is 25.0 Å². The Morgan fingerprint density at radius 1 is 1.32 bits per heavy atom. The number of hydrogen-bond acceptors (Lipinski definition) is 3. The smallest absolute Gasteiger partial charge is 0.377 e. The topological polar surface area (TPSA) is 50.4 Å². The second-order valence-corrected chi connectivity index (χ2v) is 5.18. The average Bonchev–Trinajstić information content (AvgIpc) is 2.96. The highest BCUT2D eigenvalue weighted by molar-refractivity contribution is 5.91. The van der Waals surface area contributed by atoms with E-state index < -0.39 is 17.6 Å². The molecule has 1 saturated heterocycles. The number of ether oxygens (including phenoxy) is 1. The second-order valence-electron chi connectivity index (χ2n) is 5.18. The number of hydrogen-bond donors (Lipinski definition) is 2. The van der Waals surface area contributed by atoms with E-state index in [0.717, 1.165) is 25.5 Å². The summed E-state index contributed by atoms with van der Waals surface area (Å²) in [6.07, 6.45) is -2.16. The fraction of sp³-hybridized carbons (Fsp3) is 0.533. The lowest BCUT2D eigenvalue weighted by atomic mass is 10.1. The first-order valence-corrected chi connectivity index (χ1v) is 7.25. The monoisotopic (exact) mass is 316 g/mol. The van der Waals surface area contributed by atoms with Crippen LogP contribution in [0, 0.1) is 0 Å². The Morgan fingerprint density at radius 2 is 2.09 bits per heavy atom. The molecule has 2 rings (SSSR count). The molecule has 7 heteroatoms. The maximum absolute atomic E-state index is 12.8. The molecule has 1 atom stereocenters. The summed E-state index contributed by atoms with van der Waals surface area (Å²) in [4.78, 5) is 11.7. The molecule has 0 aliphatic carbocycles. The van der Waals surface area contributed by atoms with E-state index in [1.807, 2.05) is 0 Å². The summed E-state index contributed by atoms with van der Waals surface area (Å²) in [6.45, 7) is 1.83. The summed E-state index contributed by atoms with van der Waals surface area (Å²) in [7, 11) is 0. The van der Waals surface area contributed by atoms with Gasteiger partial charge in [-0.1, -0.05) is 12.1 Å². The summed E-state index contributed by atoms with van der Waals surface area (Å²) >= 11 is 0. The molecule has 4 nitrogen and oxygen atoms in total. The number of carbonyl (C=O) groups excluding carboxylic acids is 1. The number of alkyl halides is 3. The van der Waals surface area contributed by atoms with Crippen LogP contribution in [-0.2, 0) is 15.7 Å². The maximum atomic E-state index is 12.8. The van der Waals surface area contributed by atoms with E-state index in [0.29, 0.717) is 13.1 Å². The first-order chi connectivity index (χ1) is 10.5. The van der Waals surface area contributed by atoms with Gasteiger partial charge in [0.1, 0.15) is 0 Å². The van der Waals surface area contributed by atoms with E-state index in [1.54, 1.807) is 0 Å². The largest absolute Gasteiger partial charge is 0.418 e. The summed E-state index contributed by atoms with van der Waals surface area (Å²) in [5, 5.41) is 5.40. The van der Waals surface area contributed by atoms with Crippen LogP contribution in [0.5, 0.6) is 0 Å². The zero-order valence-corrected chi connectivity index (χ0v) is 12.1. The molecule has 2 N–H and O–H groups in total. The third-order valence-corrected chi connectivity index (χ3v) is 3.43. The highest BCUT2D eigenvalue weighted by Crippen LogP contribution is 2.34. The molecule has 1 aromatic carbocycles. The number of halogens is 3. The second kappa shape index (κ2) is 7.60. The van der Waals surface area contributed by atoms with Gasteiger partial charge in [-0.3, -0.25) is 4.79 Å². The molecule has 0 radical (unpaired) electrons. The van der Waals surface area contributed by atoms with Crippen molar-refractivity contribution in [3.63, 3.8) is 0 Å². The Morgan fingerprint density at radius 3 is 2.77 bits per heavy atom. The van der Waals surface area contributed by atoms with Gasteiger partial charge < -0.3 is 15.4 Å². The summed E-state index contributed by atoms with van der Waals surface area (Å²) in [5.74, 6) is -0.448. The van der Waals surface area contributed by atoms with E-state index in [-0.39, 0.29) is 18.2 Å². The Hall–Kier alpha value is -1.60. The number of benzene rings is 1. The van der Waals surface area contributed by atoms with Crippen LogP contribution in [0.4, 0.5) is 18.9 Å². The minimum atomic E-state index is -4.48. The minimum Gasteiger partial charge on any atom is -0.377 e. The van der Waals surface area contributed by atoms with Crippen LogP contribution in [0.25, 0.3) is 0 Å². The van der Waals surface area contributed by atoms with Crippen molar-refractivity contribution >= 4 is 11.6 Å². The van der Waals surface area contributed by atoms with Gasteiger partial charge in [-0.15, -0.1) is 0 Å². The van der Waals surface area contributed by atoms with E-state index in [9.17, 15) is 18.0 Å². The third-order valence-electron chi connectivity index (χ3n) is 3.43. The molecule has 0 bridgehead atoms. The first-order valence-electron chi connectivity index (χ1n) is 7.25. The number of para-hydroxylation sites is 1. The van der Waals surface area contributed by atoms with Crippen LogP contribution in [-0.4, -0.2) is 31.7 Å². The van der Waals surface area contributed by atoms with Gasteiger partial charge in [-0.25, -0.2) is 0 Å². The number of anilines is 1. The third kappa shape index (κ3) is 4.99. The molecule has 1 heterocycles. The van der Waals surface area contributed by atoms with Gasteiger partial charge in [0.05, 0.1) is 17.4 Å². The van der Waals surface area contributed by atoms with Crippen molar-refractivity contribution in [3.8, 4) is 0 Å². The normalized spacial score (nSPS) is 18.4. The van der Waals surface area contributed by atoms with Crippen molar-refractivity contribution in [1.29, 1.82) is 0 Å². The molecule has 1 amide bonds. The quantitative estimate of drug-likeness (QED) is 0.794. The van der Waals surface area contributed by atoms with Crippen LogP contribution in [0.15, 0.2) is 24.3 Å². The van der Waals surface area contributed by atoms with Crippen LogP contribution in [0.2, 0.25) is 0 Å². The van der Waals surface area contributed by atoms with Gasteiger partial charge in [-0.2, -0.15) is 13.2 Å². The van der Waals surface area contributed by atoms with Gasteiger partial charge >= 0.3 is 6.18 Å². The number of rotatable bonds is 6. The summed E-state index contributed by atoms with van der Waals surface area (Å²) in [5.41, 5.74) is -1.05. The molecular formula is C15H19F3N2O2. The molecule has 1 fully saturated rings. The average molecular weight is 316 g/mol. The van der Waals surface area contributed by atoms with Crippen molar-refractivity contribution in [2.24, 2.45) is 0 Å². The molecule has 22 heavy (non-hydrogen) atoms. The zero-order valence-electron chi connectivity index (χ0n) is 12.1. The predicted octanol–water partition coefficient (Wildman–Crippen LogP) is 2.80. The summed E-state index contributed by atoms with van der Waals surface area (Å²) < 4.78 is 43.8. The van der Waals surface area contributed by atoms with E-state index in [4.69, 9.17) is 4.74 Å². The molecule has 1 aliphatic rings. The number of carbonyl (C=O) groups is 1. The molecule has 0 saturated carbocycles. The van der Waals surface area contributed by atoms with Crippen LogP contribution in [0.1, 0.15) is 24.8 Å². The first kappa shape index (κ1) is 16.8. The van der Waals surface area contributed by atoms with E-state index in [1.165, 1.54) is 18.2 Å². The zero-order chi connectivity index (χ0) is 16.0. The molecule has 1 unspecified atom stereocenters. The molecule has 122 valence electrons. The predicted molar refractivity (Wildman–Crippen MR) is 76.5 cm³/mol. The highest BCUT2D eigenvalue weighted by Gasteiger charge is 2.33. The fourth-order valence-corrected chi connectivity index (χ4v) is 2.32. The maximum Gasteiger partial charge on any atom is 0.418 e. The van der Waals surface area contributed by atoms with Crippen LogP contribution < -0.4 is 10.6 Å². The van der Waals surface area contributed by atoms with E-state index >= 15 is 0 Å². The lowest BCUT2D eigenvalue weighted by molar-refractivity contribution is -0.137. The van der Waals surface area contributed by atoms with Gasteiger partial charge in [0.2, 0.25) is 5.91 Å². The molecule has 1 aliphatic heterocycles. The van der Waals surface area contributed by atoms with E-state index in [2.05, 4.69) is 10.6 Å². The highest BCUT2D eigenvalue weighted by atomic mass is 19.4. The Kier molecular flexibility index (Phi) is 5.79. The Bertz CT molecular complexity index is 500. The van der Waals surface area contributed by atoms with Crippen molar-refractivity contribution < 1.29 is 22.7 Å². The summed E-state index contributed by atoms with van der Waals surface area (Å²) in [6, 6.07) is 4.95. The SMILES string of the molecule is O=C(CCNCC1CCCO1)Nc1ccccc1C(F)(F)F. The standard InChI is InChI=1S/C15H19F3N2O2/c16-15(17,18)12-5-1-2-6-13(12)20-14(21)7-8-19-10-11-4-3-9-22-11/h1-2,5-6,11,19H,3-4,7-10H2,(H,20,21). The lowest BCUT2D eigenvalue weighted by Gasteiger charge is -2.14. The van der Waals surface area contributed by atoms with Crippen molar-refractivity contribution in [2.45, 2.75) is 31.5 Å². The van der Waals surface area contributed by atoms with Crippen molar-refractivity contribution in [3.05, 3.63) is 29.8 Å². The lowest BCUT2D eigenvalue weighted by Crippen LogP contribution is -2.29. The molecule has 1 aromatic rings. The number of amides is 1. The molecule has 0 spiro atoms. The van der Waals surface area contributed by atoms with Gasteiger partial charge in [0, 0.05) is 26.1 Å². The minimum absolute atomic E-state index is 0.110. The van der Waals surface area contributed by atoms with Crippen LogP contribution >= 0.6 is 0 Å². The molecular weight excluding hydrogens is 297 g/mol. The Balaban J connectivity index is 1.77. The van der Waals surface area contributed by atoms with Gasteiger partial charge in [0.25, 0.3) is 0 Å².